The fraction of sp³-hybridized carbons (Fsp3) is 0.909. The summed E-state index contributed by atoms with van der Waals surface area (Å²) < 4.78 is 29.2. The van der Waals surface area contributed by atoms with Crippen LogP contribution in [0.25, 0.3) is 0 Å². The fourth-order valence-electron chi connectivity index (χ4n) is 1.53. The van der Waals surface area contributed by atoms with Gasteiger partial charge in [0, 0.05) is 6.42 Å². The summed E-state index contributed by atoms with van der Waals surface area (Å²) in [6, 6.07) is 0. The lowest BCUT2D eigenvalue weighted by atomic mass is 10.1. The van der Waals surface area contributed by atoms with Crippen LogP contribution >= 0.6 is 0 Å². The largest absolute Gasteiger partial charge is 0.344 e. The zero-order valence-corrected chi connectivity index (χ0v) is 11.5. The fourth-order valence-corrected chi connectivity index (χ4v) is 1.93. The first-order valence-electron chi connectivity index (χ1n) is 5.98. The molecule has 0 atom stereocenters. The van der Waals surface area contributed by atoms with Gasteiger partial charge in [-0.15, -0.1) is 0 Å². The third-order valence-electron chi connectivity index (χ3n) is 2.52. The minimum Gasteiger partial charge on any atom is -0.344 e. The van der Waals surface area contributed by atoms with Crippen molar-refractivity contribution in [3.05, 3.63) is 0 Å². The molecule has 0 aromatic heterocycles. The van der Waals surface area contributed by atoms with E-state index in [2.05, 4.69) is 6.92 Å². The maximum absolute atomic E-state index is 10.8. The van der Waals surface area contributed by atoms with Crippen molar-refractivity contribution in [3.63, 3.8) is 0 Å². The highest BCUT2D eigenvalue weighted by atomic mass is 32.2. The Morgan fingerprint density at radius 1 is 0.941 bits per heavy atom. The molecular formula is C11H25NO4S. The van der Waals surface area contributed by atoms with Crippen LogP contribution < -0.4 is 6.15 Å². The maximum atomic E-state index is 10.8. The summed E-state index contributed by atoms with van der Waals surface area (Å²) in [5.74, 6) is 0. The molecule has 0 aliphatic carbocycles. The molecule has 0 spiro atoms. The van der Waals surface area contributed by atoms with Crippen LogP contribution in [0.1, 0.15) is 64.7 Å². The highest BCUT2D eigenvalue weighted by Crippen LogP contribution is 2.10. The second-order valence-electron chi connectivity index (χ2n) is 4.07. The van der Waals surface area contributed by atoms with Crippen LogP contribution in [0.4, 0.5) is 0 Å². The summed E-state index contributed by atoms with van der Waals surface area (Å²) in [6.45, 7) is 2.17. The molecule has 0 heterocycles. The molecule has 0 aromatic rings. The minimum absolute atomic E-state index is 0. The van der Waals surface area contributed by atoms with Crippen molar-refractivity contribution in [1.29, 1.82) is 0 Å². The van der Waals surface area contributed by atoms with E-state index in [-0.39, 0.29) is 12.6 Å². The van der Waals surface area contributed by atoms with Crippen molar-refractivity contribution in [2.45, 2.75) is 64.7 Å². The van der Waals surface area contributed by atoms with Gasteiger partial charge < -0.3 is 6.15 Å². The highest BCUT2D eigenvalue weighted by Gasteiger charge is 2.16. The predicted octanol–water partition coefficient (Wildman–Crippen LogP) is 3.09. The van der Waals surface area contributed by atoms with Gasteiger partial charge in [-0.3, -0.25) is 9.35 Å². The Bertz CT molecular complexity index is 288. The van der Waals surface area contributed by atoms with Gasteiger partial charge >= 0.3 is 10.1 Å². The summed E-state index contributed by atoms with van der Waals surface area (Å²) in [5, 5.41) is -1.06. The first kappa shape index (κ1) is 18.9. The first-order valence-corrected chi connectivity index (χ1v) is 7.42. The Hall–Kier alpha value is -0.460. The average molecular weight is 267 g/mol. The summed E-state index contributed by atoms with van der Waals surface area (Å²) in [5.41, 5.74) is 0. The van der Waals surface area contributed by atoms with Crippen LogP contribution in [0.2, 0.25) is 0 Å². The summed E-state index contributed by atoms with van der Waals surface area (Å²) in [6.07, 6.45) is 8.46. The average Bonchev–Trinajstić information content (AvgIpc) is 2.20. The Labute approximate surface area is 104 Å². The predicted molar refractivity (Wildman–Crippen MR) is 68.8 cm³/mol. The Kier molecular flexibility index (Phi) is 11.9. The van der Waals surface area contributed by atoms with Gasteiger partial charge in [0.1, 0.15) is 0 Å². The number of unbranched alkanes of at least 4 members (excludes halogenated alkanes) is 7. The second kappa shape index (κ2) is 10.7. The molecule has 0 fully saturated rings. The van der Waals surface area contributed by atoms with Crippen LogP contribution in [0.3, 0.4) is 0 Å². The zero-order chi connectivity index (χ0) is 12.4. The molecule has 104 valence electrons. The van der Waals surface area contributed by atoms with Gasteiger partial charge in [-0.05, 0) is 6.42 Å². The number of hydrogen-bond donors (Lipinski definition) is 2. The summed E-state index contributed by atoms with van der Waals surface area (Å²) in [7, 11) is -4.45. The molecule has 0 rings (SSSR count). The van der Waals surface area contributed by atoms with Gasteiger partial charge in [0.25, 0.3) is 5.12 Å². The third-order valence-corrected chi connectivity index (χ3v) is 3.30. The second-order valence-corrected chi connectivity index (χ2v) is 5.48. The van der Waals surface area contributed by atoms with Gasteiger partial charge in [0.2, 0.25) is 0 Å². The van der Waals surface area contributed by atoms with E-state index in [1.165, 1.54) is 25.7 Å². The van der Waals surface area contributed by atoms with Crippen molar-refractivity contribution < 1.29 is 17.8 Å². The van der Waals surface area contributed by atoms with E-state index in [4.69, 9.17) is 4.55 Å². The molecule has 0 bridgehead atoms. The van der Waals surface area contributed by atoms with Crippen molar-refractivity contribution >= 4 is 15.2 Å². The van der Waals surface area contributed by atoms with Gasteiger partial charge in [-0.1, -0.05) is 51.9 Å². The first-order chi connectivity index (χ1) is 7.48. The van der Waals surface area contributed by atoms with E-state index >= 15 is 0 Å². The van der Waals surface area contributed by atoms with Gasteiger partial charge in [0.05, 0.1) is 0 Å². The normalized spacial score (nSPS) is 10.9. The van der Waals surface area contributed by atoms with Crippen LogP contribution in [-0.2, 0) is 14.9 Å². The Morgan fingerprint density at radius 2 is 1.35 bits per heavy atom. The lowest BCUT2D eigenvalue weighted by Crippen LogP contribution is -2.12. The molecular weight excluding hydrogens is 242 g/mol. The minimum atomic E-state index is -4.45. The number of carbonyl (C=O) groups is 1. The molecule has 0 saturated heterocycles. The van der Waals surface area contributed by atoms with Crippen LogP contribution in [0.5, 0.6) is 0 Å². The van der Waals surface area contributed by atoms with Gasteiger partial charge in [-0.25, -0.2) is 0 Å². The topological polar surface area (TPSA) is 106 Å². The molecule has 0 aliphatic rings. The van der Waals surface area contributed by atoms with Crippen molar-refractivity contribution in [2.24, 2.45) is 0 Å². The molecule has 4 N–H and O–H groups in total. The molecule has 6 heteroatoms. The smallest absolute Gasteiger partial charge is 0.328 e. The SMILES string of the molecule is CCCCCCCCCCC(=O)S(=O)(=O)O.N. The van der Waals surface area contributed by atoms with Crippen molar-refractivity contribution in [2.75, 3.05) is 0 Å². The van der Waals surface area contributed by atoms with Gasteiger partial charge in [-0.2, -0.15) is 8.42 Å². The van der Waals surface area contributed by atoms with Crippen LogP contribution in [-0.4, -0.2) is 18.1 Å². The lowest BCUT2D eigenvalue weighted by molar-refractivity contribution is -0.112. The van der Waals surface area contributed by atoms with Crippen molar-refractivity contribution in [1.82, 2.24) is 6.15 Å². The van der Waals surface area contributed by atoms with Crippen molar-refractivity contribution in [3.8, 4) is 0 Å². The van der Waals surface area contributed by atoms with Gasteiger partial charge in [0.15, 0.2) is 0 Å². The highest BCUT2D eigenvalue weighted by molar-refractivity contribution is 8.01. The van der Waals surface area contributed by atoms with E-state index in [1.807, 2.05) is 0 Å². The Morgan fingerprint density at radius 3 is 1.76 bits per heavy atom. The van der Waals surface area contributed by atoms with E-state index in [0.29, 0.717) is 6.42 Å². The Balaban J connectivity index is 0. The number of rotatable bonds is 9. The summed E-state index contributed by atoms with van der Waals surface area (Å²) >= 11 is 0. The van der Waals surface area contributed by atoms with E-state index in [0.717, 1.165) is 19.3 Å². The molecule has 0 amide bonds. The van der Waals surface area contributed by atoms with E-state index in [1.54, 1.807) is 0 Å². The van der Waals surface area contributed by atoms with Crippen LogP contribution in [0, 0.1) is 0 Å². The summed E-state index contributed by atoms with van der Waals surface area (Å²) in [4.78, 5) is 10.8. The zero-order valence-electron chi connectivity index (χ0n) is 10.7. The van der Waals surface area contributed by atoms with Crippen LogP contribution in [0.15, 0.2) is 0 Å². The van der Waals surface area contributed by atoms with E-state index < -0.39 is 15.2 Å². The van der Waals surface area contributed by atoms with E-state index in [9.17, 15) is 13.2 Å². The quantitative estimate of drug-likeness (QED) is 0.493. The number of hydrogen-bond acceptors (Lipinski definition) is 4. The molecule has 0 saturated carbocycles. The third kappa shape index (κ3) is 11.8. The lowest BCUT2D eigenvalue weighted by Gasteiger charge is -2.00. The molecule has 0 unspecified atom stereocenters. The molecule has 0 aliphatic heterocycles. The molecule has 5 nitrogen and oxygen atoms in total. The number of carbonyl (C=O) groups excluding carboxylic acids is 1. The maximum Gasteiger partial charge on any atom is 0.328 e. The monoisotopic (exact) mass is 267 g/mol. The molecule has 17 heavy (non-hydrogen) atoms. The molecule has 0 radical (unpaired) electrons. The standard InChI is InChI=1S/C11H22O4S.H3N/c1-2-3-4-5-6-7-8-9-10-11(12)16(13,14)15;/h2-10H2,1H3,(H,13,14,15);1H3. The molecule has 0 aromatic carbocycles.